The predicted octanol–water partition coefficient (Wildman–Crippen LogP) is -0.796. The minimum absolute atomic E-state index is 0.113. The summed E-state index contributed by atoms with van der Waals surface area (Å²) < 4.78 is 21.9. The van der Waals surface area contributed by atoms with Crippen LogP contribution in [0.25, 0.3) is 6.08 Å². The molecule has 198 valence electrons. The average Bonchev–Trinajstić information content (AvgIpc) is 3.47. The normalized spacial score (nSPS) is 39.1. The highest BCUT2D eigenvalue weighted by Gasteiger charge is 2.53. The number of nitrogens with one attached hydrogen (secondary N) is 1. The highest BCUT2D eigenvalue weighted by molar-refractivity contribution is 5.97. The molecule has 0 bridgehead atoms. The van der Waals surface area contributed by atoms with Crippen LogP contribution >= 0.6 is 0 Å². The summed E-state index contributed by atoms with van der Waals surface area (Å²) in [6.45, 7) is 5.08. The first-order valence-corrected chi connectivity index (χ1v) is 11.8. The summed E-state index contributed by atoms with van der Waals surface area (Å²) in [4.78, 5) is 12.7. The number of benzene rings is 1. The van der Waals surface area contributed by atoms with E-state index in [0.29, 0.717) is 16.9 Å². The molecule has 10 atom stereocenters. The van der Waals surface area contributed by atoms with E-state index in [9.17, 15) is 30.3 Å². The smallest absolute Gasteiger partial charge is 0.247 e. The quantitative estimate of drug-likeness (QED) is 0.212. The highest BCUT2D eigenvalue weighted by atomic mass is 16.7. The van der Waals surface area contributed by atoms with E-state index in [0.717, 1.165) is 5.57 Å². The Hall–Kier alpha value is -2.35. The van der Waals surface area contributed by atoms with Crippen LogP contribution in [0.1, 0.15) is 26.3 Å². The Balaban J connectivity index is 1.37. The van der Waals surface area contributed by atoms with E-state index in [1.165, 1.54) is 0 Å². The van der Waals surface area contributed by atoms with E-state index in [-0.39, 0.29) is 6.79 Å². The van der Waals surface area contributed by atoms with Gasteiger partial charge in [0.2, 0.25) is 12.2 Å². The summed E-state index contributed by atoms with van der Waals surface area (Å²) in [6.07, 6.45) is -6.32. The summed E-state index contributed by atoms with van der Waals surface area (Å²) in [6, 6.07) is 5.52. The van der Waals surface area contributed by atoms with Gasteiger partial charge in [0.1, 0.15) is 61.4 Å². The Kier molecular flexibility index (Phi) is 8.12. The van der Waals surface area contributed by atoms with Crippen molar-refractivity contribution in [3.63, 3.8) is 0 Å². The van der Waals surface area contributed by atoms with E-state index in [1.807, 2.05) is 6.92 Å². The molecule has 4 rings (SSSR count). The third kappa shape index (κ3) is 5.20. The van der Waals surface area contributed by atoms with Crippen molar-refractivity contribution in [2.24, 2.45) is 0 Å². The Labute approximate surface area is 208 Å². The molecule has 1 aromatic carbocycles. The fourth-order valence-corrected chi connectivity index (χ4v) is 4.60. The van der Waals surface area contributed by atoms with Gasteiger partial charge in [0.15, 0.2) is 0 Å². The second-order valence-corrected chi connectivity index (χ2v) is 9.30. The molecule has 1 aliphatic carbocycles. The summed E-state index contributed by atoms with van der Waals surface area (Å²) in [5.74, 6) is -0.134. The van der Waals surface area contributed by atoms with Gasteiger partial charge in [0.05, 0.1) is 6.04 Å². The molecule has 3 fully saturated rings. The molecule has 11 nitrogen and oxygen atoms in total. The number of allylic oxidation sites excluding steroid dienone is 1. The maximum atomic E-state index is 12.7. The molecule has 0 aromatic heterocycles. The molecule has 6 N–H and O–H groups in total. The van der Waals surface area contributed by atoms with Crippen molar-refractivity contribution in [2.75, 3.05) is 6.79 Å². The third-order valence-electron chi connectivity index (χ3n) is 6.90. The van der Waals surface area contributed by atoms with Crippen LogP contribution in [0.15, 0.2) is 41.5 Å². The second kappa shape index (κ2) is 11.0. The van der Waals surface area contributed by atoms with E-state index < -0.39 is 67.1 Å². The van der Waals surface area contributed by atoms with Gasteiger partial charge >= 0.3 is 0 Å². The van der Waals surface area contributed by atoms with Crippen molar-refractivity contribution >= 4 is 12.0 Å². The van der Waals surface area contributed by atoms with Gasteiger partial charge in [-0.05, 0) is 50.1 Å². The lowest BCUT2D eigenvalue weighted by Crippen LogP contribution is -2.67. The summed E-state index contributed by atoms with van der Waals surface area (Å²) >= 11 is 0. The molecule has 1 saturated carbocycles. The van der Waals surface area contributed by atoms with E-state index in [2.05, 4.69) is 5.32 Å². The van der Waals surface area contributed by atoms with Gasteiger partial charge in [-0.15, -0.1) is 0 Å². The van der Waals surface area contributed by atoms with E-state index in [4.69, 9.17) is 18.9 Å². The monoisotopic (exact) mass is 507 g/mol. The largest absolute Gasteiger partial charge is 0.462 e. The number of ether oxygens (including phenoxy) is 4. The fourth-order valence-electron chi connectivity index (χ4n) is 4.60. The van der Waals surface area contributed by atoms with Crippen molar-refractivity contribution < 1.29 is 49.3 Å². The van der Waals surface area contributed by atoms with Crippen LogP contribution in [0.2, 0.25) is 0 Å². The minimum atomic E-state index is -1.43. The Morgan fingerprint density at radius 1 is 0.944 bits per heavy atom. The summed E-state index contributed by atoms with van der Waals surface area (Å²) in [5.41, 5.74) is 1.75. The first-order chi connectivity index (χ1) is 17.1. The predicted molar refractivity (Wildman–Crippen MR) is 125 cm³/mol. The van der Waals surface area contributed by atoms with Crippen LogP contribution in [0, 0.1) is 0 Å². The zero-order valence-electron chi connectivity index (χ0n) is 20.2. The van der Waals surface area contributed by atoms with Crippen LogP contribution in [-0.2, 0) is 19.0 Å². The van der Waals surface area contributed by atoms with Crippen LogP contribution in [0.3, 0.4) is 0 Å². The first-order valence-electron chi connectivity index (χ1n) is 11.8. The van der Waals surface area contributed by atoms with Crippen molar-refractivity contribution in [3.8, 4) is 5.75 Å². The minimum Gasteiger partial charge on any atom is -0.462 e. The molecule has 2 heterocycles. The molecule has 3 aliphatic rings. The maximum Gasteiger partial charge on any atom is 0.247 e. The molecular formula is C25H33NO10. The van der Waals surface area contributed by atoms with Gasteiger partial charge in [0, 0.05) is 5.57 Å². The lowest BCUT2D eigenvalue weighted by atomic mass is 9.83. The van der Waals surface area contributed by atoms with Gasteiger partial charge in [-0.3, -0.25) is 4.79 Å². The number of fused-ring (bicyclic) bond motifs is 1. The molecule has 0 radical (unpaired) electrons. The van der Waals surface area contributed by atoms with Crippen LogP contribution in [0.4, 0.5) is 0 Å². The van der Waals surface area contributed by atoms with Gasteiger partial charge in [-0.1, -0.05) is 18.2 Å². The molecule has 0 spiro atoms. The SMILES string of the molecule is C/C=C(\C)C1O[C@@H](Oc2ccc(/C=C(\C)C(=O)NC3[C@@H](O)[C@@H]4OCO[C@@H]4[C@H](O)[C@H]3O)cc2)[C@@H](O)[C@@H]1O. The molecule has 36 heavy (non-hydrogen) atoms. The molecule has 11 heteroatoms. The molecule has 1 amide bonds. The Morgan fingerprint density at radius 2 is 1.58 bits per heavy atom. The topological polar surface area (TPSA) is 167 Å². The van der Waals surface area contributed by atoms with Crippen molar-refractivity contribution in [1.29, 1.82) is 0 Å². The number of aliphatic hydroxyl groups is 5. The van der Waals surface area contributed by atoms with Gasteiger partial charge in [-0.25, -0.2) is 0 Å². The number of hydrogen-bond donors (Lipinski definition) is 6. The third-order valence-corrected chi connectivity index (χ3v) is 6.90. The molecular weight excluding hydrogens is 474 g/mol. The molecule has 1 aromatic rings. The van der Waals surface area contributed by atoms with Crippen LogP contribution in [0.5, 0.6) is 5.75 Å². The zero-order chi connectivity index (χ0) is 26.1. The molecule has 2 unspecified atom stereocenters. The van der Waals surface area contributed by atoms with Crippen molar-refractivity contribution in [1.82, 2.24) is 5.32 Å². The number of carbonyl (C=O) groups excluding carboxylic acids is 1. The van der Waals surface area contributed by atoms with Crippen molar-refractivity contribution in [3.05, 3.63) is 47.1 Å². The summed E-state index contributed by atoms with van der Waals surface area (Å²) in [5, 5.41) is 54.2. The number of carbonyl (C=O) groups is 1. The van der Waals surface area contributed by atoms with Crippen molar-refractivity contribution in [2.45, 2.75) is 81.9 Å². The average molecular weight is 508 g/mol. The highest BCUT2D eigenvalue weighted by Crippen LogP contribution is 2.31. The lowest BCUT2D eigenvalue weighted by Gasteiger charge is -2.41. The number of aliphatic hydroxyl groups excluding tert-OH is 5. The maximum absolute atomic E-state index is 12.7. The van der Waals surface area contributed by atoms with E-state index in [1.54, 1.807) is 50.3 Å². The summed E-state index contributed by atoms with van der Waals surface area (Å²) in [7, 11) is 0. The molecule has 2 saturated heterocycles. The number of hydrogen-bond acceptors (Lipinski definition) is 10. The van der Waals surface area contributed by atoms with Crippen LogP contribution < -0.4 is 10.1 Å². The van der Waals surface area contributed by atoms with Gasteiger partial charge < -0.3 is 49.8 Å². The van der Waals surface area contributed by atoms with Crippen LogP contribution in [-0.4, -0.2) is 99.4 Å². The fraction of sp³-hybridized carbons (Fsp3) is 0.560. The Morgan fingerprint density at radius 3 is 2.22 bits per heavy atom. The standard InChI is InChI=1S/C25H33NO10/c1-4-11(2)21-19(30)20(31)25(36-21)35-14-7-5-13(6-8-14)9-12(3)24(32)26-15-16(27)18(29)23-22(17(15)28)33-10-34-23/h4-9,15-23,25,27-31H,10H2,1-3H3,(H,26,32)/b11-4+,12-9+/t15?,16-,17+,18+,19-,20-,21?,22-,23+,25+/m0/s1. The number of amides is 1. The van der Waals surface area contributed by atoms with Gasteiger partial charge in [-0.2, -0.15) is 0 Å². The zero-order valence-corrected chi connectivity index (χ0v) is 20.2. The second-order valence-electron chi connectivity index (χ2n) is 9.30. The Bertz CT molecular complexity index is 995. The first kappa shape index (κ1) is 26.7. The number of rotatable bonds is 6. The van der Waals surface area contributed by atoms with Gasteiger partial charge in [0.25, 0.3) is 0 Å². The molecule has 2 aliphatic heterocycles. The van der Waals surface area contributed by atoms with E-state index >= 15 is 0 Å². The lowest BCUT2D eigenvalue weighted by molar-refractivity contribution is -0.155.